The van der Waals surface area contributed by atoms with Crippen molar-refractivity contribution in [3.05, 3.63) is 48.0 Å². The fourth-order valence-electron chi connectivity index (χ4n) is 2.08. The third kappa shape index (κ3) is 2.32. The third-order valence-corrected chi connectivity index (χ3v) is 3.15. The Hall–Kier alpha value is -2.49. The molecule has 1 heterocycles. The van der Waals surface area contributed by atoms with Crippen LogP contribution in [0.4, 0.5) is 0 Å². The minimum atomic E-state index is -1.91. The Morgan fingerprint density at radius 1 is 1.20 bits per heavy atom. The van der Waals surface area contributed by atoms with Crippen molar-refractivity contribution in [3.63, 3.8) is 0 Å². The van der Waals surface area contributed by atoms with E-state index in [0.717, 1.165) is 16.9 Å². The number of nitrogens with one attached hydrogen (secondary N) is 1. The van der Waals surface area contributed by atoms with Gasteiger partial charge < -0.3 is 14.8 Å². The summed E-state index contributed by atoms with van der Waals surface area (Å²) in [5.74, 6) is 0.664. The molecule has 2 aromatic rings. The van der Waals surface area contributed by atoms with Gasteiger partial charge in [0, 0.05) is 0 Å². The van der Waals surface area contributed by atoms with Crippen molar-refractivity contribution in [1.29, 1.82) is 0 Å². The van der Waals surface area contributed by atoms with Gasteiger partial charge in [0.05, 0.1) is 22.0 Å². The fourth-order valence-corrected chi connectivity index (χ4v) is 2.08. The first kappa shape index (κ1) is 10.3. The summed E-state index contributed by atoms with van der Waals surface area (Å²) in [7, 11) is 1.60. The normalized spacial score (nSPS) is 17.8. The molecule has 0 saturated heterocycles. The number of ether oxygens (including phenoxy) is 2. The average Bonchev–Trinajstić information content (AvgIpc) is 2.63. The first-order valence-electron chi connectivity index (χ1n) is 7.24. The lowest BCUT2D eigenvalue weighted by atomic mass is 10.0. The molecule has 0 bridgehead atoms. The van der Waals surface area contributed by atoms with Crippen LogP contribution >= 0.6 is 0 Å². The van der Waals surface area contributed by atoms with Crippen molar-refractivity contribution in [2.24, 2.45) is 0 Å². The molecule has 0 atom stereocenters. The number of carbonyl (C=O) groups is 1. The highest BCUT2D eigenvalue weighted by Crippen LogP contribution is 2.28. The van der Waals surface area contributed by atoms with E-state index in [4.69, 9.17) is 12.2 Å². The average molecular weight is 271 g/mol. The Labute approximate surface area is 120 Å². The standard InChI is InChI=1S/C16H15NO3/c1-19-13-5-2-11(3-6-13)12-4-7-15-14(10-12)16(18)17-8-9-20-15/h2-7,10H,8-9H2,1H3,(H,17,18)/i9D2. The van der Waals surface area contributed by atoms with E-state index in [1.54, 1.807) is 25.3 Å². The van der Waals surface area contributed by atoms with E-state index >= 15 is 0 Å². The highest BCUT2D eigenvalue weighted by molar-refractivity contribution is 5.98. The maximum atomic E-state index is 12.1. The molecule has 1 amide bonds. The summed E-state index contributed by atoms with van der Waals surface area (Å²) in [6, 6.07) is 12.6. The highest BCUT2D eigenvalue weighted by atomic mass is 16.5. The minimum absolute atomic E-state index is 0.182. The van der Waals surface area contributed by atoms with Gasteiger partial charge in [0.15, 0.2) is 0 Å². The van der Waals surface area contributed by atoms with Crippen LogP contribution < -0.4 is 14.8 Å². The summed E-state index contributed by atoms with van der Waals surface area (Å²) in [5, 5.41) is 2.53. The van der Waals surface area contributed by atoms with Gasteiger partial charge in [-0.05, 0) is 35.4 Å². The van der Waals surface area contributed by atoms with Crippen LogP contribution in [-0.2, 0) is 0 Å². The minimum Gasteiger partial charge on any atom is -0.497 e. The largest absolute Gasteiger partial charge is 0.497 e. The monoisotopic (exact) mass is 271 g/mol. The van der Waals surface area contributed by atoms with Crippen LogP contribution in [0.3, 0.4) is 0 Å². The summed E-state index contributed by atoms with van der Waals surface area (Å²) in [6.45, 7) is -2.10. The first-order chi connectivity index (χ1) is 10.5. The smallest absolute Gasteiger partial charge is 0.255 e. The summed E-state index contributed by atoms with van der Waals surface area (Å²) in [5.41, 5.74) is 2.11. The van der Waals surface area contributed by atoms with Crippen LogP contribution in [0.5, 0.6) is 11.5 Å². The van der Waals surface area contributed by atoms with Crippen LogP contribution in [0.15, 0.2) is 42.5 Å². The molecular weight excluding hydrogens is 254 g/mol. The molecule has 0 aromatic heterocycles. The van der Waals surface area contributed by atoms with E-state index in [0.29, 0.717) is 5.56 Å². The van der Waals surface area contributed by atoms with Crippen LogP contribution in [0.1, 0.15) is 13.1 Å². The topological polar surface area (TPSA) is 47.6 Å². The predicted octanol–water partition coefficient (Wildman–Crippen LogP) is 2.48. The lowest BCUT2D eigenvalue weighted by Crippen LogP contribution is -2.24. The summed E-state index contributed by atoms with van der Waals surface area (Å²) < 4.78 is 25.7. The van der Waals surface area contributed by atoms with Gasteiger partial charge in [0.2, 0.25) is 0 Å². The van der Waals surface area contributed by atoms with Crippen molar-refractivity contribution in [3.8, 4) is 22.6 Å². The number of fused-ring (bicyclic) bond motifs is 1. The number of rotatable bonds is 2. The lowest BCUT2D eigenvalue weighted by Gasteiger charge is -2.09. The molecule has 0 spiro atoms. The Morgan fingerprint density at radius 2 is 1.95 bits per heavy atom. The lowest BCUT2D eigenvalue weighted by molar-refractivity contribution is 0.0957. The maximum absolute atomic E-state index is 12.1. The molecule has 0 aliphatic carbocycles. The number of carbonyl (C=O) groups excluding carboxylic acids is 1. The maximum Gasteiger partial charge on any atom is 0.255 e. The van der Waals surface area contributed by atoms with Gasteiger partial charge >= 0.3 is 0 Å². The molecule has 0 unspecified atom stereocenters. The van der Waals surface area contributed by atoms with Crippen molar-refractivity contribution in [2.75, 3.05) is 20.2 Å². The number of amides is 1. The van der Waals surface area contributed by atoms with Gasteiger partial charge in [-0.25, -0.2) is 0 Å². The SMILES string of the molecule is [2H]C1([2H])CNC(=O)c2cc(-c3ccc(OC)cc3)ccc2O1. The predicted molar refractivity (Wildman–Crippen MR) is 76.3 cm³/mol. The number of hydrogen-bond donors (Lipinski definition) is 1. The molecule has 4 heteroatoms. The number of methoxy groups -OCH3 is 1. The van der Waals surface area contributed by atoms with Crippen molar-refractivity contribution in [2.45, 2.75) is 0 Å². The summed E-state index contributed by atoms with van der Waals surface area (Å²) in [6.07, 6.45) is 0. The third-order valence-electron chi connectivity index (χ3n) is 3.15. The number of benzene rings is 2. The summed E-state index contributed by atoms with van der Waals surface area (Å²) >= 11 is 0. The van der Waals surface area contributed by atoms with E-state index in [-0.39, 0.29) is 18.2 Å². The van der Waals surface area contributed by atoms with Crippen LogP contribution in [0.2, 0.25) is 0 Å². The molecule has 0 saturated carbocycles. The Bertz CT molecular complexity index is 714. The molecular formula is C16H15NO3. The Morgan fingerprint density at radius 3 is 2.70 bits per heavy atom. The molecule has 1 N–H and O–H groups in total. The van der Waals surface area contributed by atoms with Crippen molar-refractivity contribution >= 4 is 5.91 Å². The number of hydrogen-bond acceptors (Lipinski definition) is 3. The molecule has 102 valence electrons. The van der Waals surface area contributed by atoms with E-state index < -0.39 is 6.56 Å². The van der Waals surface area contributed by atoms with Gasteiger partial charge in [-0.1, -0.05) is 18.2 Å². The summed E-state index contributed by atoms with van der Waals surface area (Å²) in [4.78, 5) is 12.1. The van der Waals surface area contributed by atoms with Gasteiger partial charge in [-0.3, -0.25) is 4.79 Å². The highest BCUT2D eigenvalue weighted by Gasteiger charge is 2.16. The zero-order valence-electron chi connectivity index (χ0n) is 13.0. The van der Waals surface area contributed by atoms with Crippen molar-refractivity contribution in [1.82, 2.24) is 5.32 Å². The fraction of sp³-hybridized carbons (Fsp3) is 0.188. The zero-order chi connectivity index (χ0) is 15.7. The van der Waals surface area contributed by atoms with Crippen LogP contribution in [-0.4, -0.2) is 26.1 Å². The zero-order valence-corrected chi connectivity index (χ0v) is 11.0. The Kier molecular flexibility index (Phi) is 2.71. The van der Waals surface area contributed by atoms with Gasteiger partial charge in [0.25, 0.3) is 5.91 Å². The molecule has 1 aliphatic rings. The Balaban J connectivity index is 2.00. The molecule has 20 heavy (non-hydrogen) atoms. The second kappa shape index (κ2) is 5.25. The first-order valence-corrected chi connectivity index (χ1v) is 6.24. The van der Waals surface area contributed by atoms with Gasteiger partial charge in [-0.15, -0.1) is 0 Å². The van der Waals surface area contributed by atoms with Gasteiger partial charge in [0.1, 0.15) is 18.1 Å². The quantitative estimate of drug-likeness (QED) is 0.913. The van der Waals surface area contributed by atoms with Crippen LogP contribution in [0, 0.1) is 0 Å². The van der Waals surface area contributed by atoms with E-state index in [1.807, 2.05) is 24.3 Å². The molecule has 2 aromatic carbocycles. The molecule has 0 fully saturated rings. The van der Waals surface area contributed by atoms with E-state index in [2.05, 4.69) is 5.32 Å². The van der Waals surface area contributed by atoms with Crippen LogP contribution in [0.25, 0.3) is 11.1 Å². The molecule has 0 radical (unpaired) electrons. The second-order valence-electron chi connectivity index (χ2n) is 4.37. The van der Waals surface area contributed by atoms with E-state index in [1.165, 1.54) is 0 Å². The second-order valence-corrected chi connectivity index (χ2v) is 4.37. The van der Waals surface area contributed by atoms with Gasteiger partial charge in [-0.2, -0.15) is 0 Å². The molecule has 3 rings (SSSR count). The van der Waals surface area contributed by atoms with Crippen molar-refractivity contribution < 1.29 is 17.0 Å². The molecule has 4 nitrogen and oxygen atoms in total. The molecule has 1 aliphatic heterocycles. The van der Waals surface area contributed by atoms with E-state index in [9.17, 15) is 4.79 Å².